The number of hydrogen-bond donors (Lipinski definition) is 3. The predicted molar refractivity (Wildman–Crippen MR) is 72.0 cm³/mol. The Hall–Kier alpha value is -1.82. The first-order chi connectivity index (χ1) is 8.63. The van der Waals surface area contributed by atoms with Crippen LogP contribution in [-0.4, -0.2) is 29.2 Å². The van der Waals surface area contributed by atoms with Crippen molar-refractivity contribution in [3.05, 3.63) is 28.3 Å². The number of nitrogens with zero attached hydrogens (tertiary/aromatic N) is 1. The Morgan fingerprint density at radius 2 is 2.06 bits per heavy atom. The zero-order valence-electron chi connectivity index (χ0n) is 10.6. The topological polar surface area (TPSA) is 87.4 Å². The highest BCUT2D eigenvalue weighted by atomic mass is 16.6. The molecule has 1 aromatic rings. The fraction of sp³-hybridized carbons (Fsp3) is 0.500. The highest BCUT2D eigenvalue weighted by molar-refractivity contribution is 5.76. The number of aliphatic hydroxyl groups is 1. The van der Waals surface area contributed by atoms with Gasteiger partial charge in [-0.15, -0.1) is 0 Å². The largest absolute Gasteiger partial charge is 0.394 e. The molecule has 6 nitrogen and oxygen atoms in total. The van der Waals surface area contributed by atoms with Gasteiger partial charge in [-0.2, -0.15) is 0 Å². The molecule has 0 spiro atoms. The van der Waals surface area contributed by atoms with Gasteiger partial charge in [0, 0.05) is 12.6 Å². The van der Waals surface area contributed by atoms with Crippen molar-refractivity contribution >= 4 is 17.1 Å². The first kappa shape index (κ1) is 14.2. The first-order valence-corrected chi connectivity index (χ1v) is 6.02. The molecular weight excluding hydrogens is 234 g/mol. The molecule has 1 unspecified atom stereocenters. The molecule has 0 bridgehead atoms. The van der Waals surface area contributed by atoms with E-state index in [1.165, 1.54) is 0 Å². The number of rotatable bonds is 7. The summed E-state index contributed by atoms with van der Waals surface area (Å²) in [6, 6.07) is 4.89. The third kappa shape index (κ3) is 3.33. The Kier molecular flexibility index (Phi) is 5.38. The lowest BCUT2D eigenvalue weighted by molar-refractivity contribution is -0.383. The van der Waals surface area contributed by atoms with E-state index in [1.54, 1.807) is 18.2 Å². The van der Waals surface area contributed by atoms with Crippen molar-refractivity contribution < 1.29 is 10.0 Å². The maximum atomic E-state index is 11.1. The molecule has 1 aromatic carbocycles. The number of aliphatic hydroxyl groups excluding tert-OH is 1. The second-order valence-corrected chi connectivity index (χ2v) is 3.92. The fourth-order valence-electron chi connectivity index (χ4n) is 1.69. The summed E-state index contributed by atoms with van der Waals surface area (Å²) in [5.41, 5.74) is 0.936. The van der Waals surface area contributed by atoms with Crippen LogP contribution in [-0.2, 0) is 0 Å². The van der Waals surface area contributed by atoms with Gasteiger partial charge < -0.3 is 15.7 Å². The normalized spacial score (nSPS) is 11.9. The number of nitro benzene ring substituents is 1. The Labute approximate surface area is 106 Å². The molecule has 1 atom stereocenters. The van der Waals surface area contributed by atoms with Crippen LogP contribution in [0.1, 0.15) is 20.3 Å². The minimum atomic E-state index is -0.412. The summed E-state index contributed by atoms with van der Waals surface area (Å²) < 4.78 is 0. The monoisotopic (exact) mass is 253 g/mol. The summed E-state index contributed by atoms with van der Waals surface area (Å²) >= 11 is 0. The summed E-state index contributed by atoms with van der Waals surface area (Å²) in [5, 5.41) is 26.2. The third-order valence-corrected chi connectivity index (χ3v) is 2.66. The predicted octanol–water partition coefficient (Wildman–Crippen LogP) is 2.21. The van der Waals surface area contributed by atoms with Crippen LogP contribution < -0.4 is 10.6 Å². The summed E-state index contributed by atoms with van der Waals surface area (Å²) in [5.74, 6) is 0. The third-order valence-electron chi connectivity index (χ3n) is 2.66. The van der Waals surface area contributed by atoms with E-state index in [1.807, 2.05) is 13.8 Å². The maximum Gasteiger partial charge on any atom is 0.315 e. The van der Waals surface area contributed by atoms with Gasteiger partial charge in [0.25, 0.3) is 0 Å². The van der Waals surface area contributed by atoms with Gasteiger partial charge in [-0.3, -0.25) is 10.1 Å². The lowest BCUT2D eigenvalue weighted by atomic mass is 10.2. The van der Waals surface area contributed by atoms with Crippen LogP contribution in [0.4, 0.5) is 17.1 Å². The van der Waals surface area contributed by atoms with Crippen molar-refractivity contribution in [2.45, 2.75) is 26.3 Å². The first-order valence-electron chi connectivity index (χ1n) is 6.02. The van der Waals surface area contributed by atoms with Gasteiger partial charge >= 0.3 is 5.69 Å². The second-order valence-electron chi connectivity index (χ2n) is 3.92. The van der Waals surface area contributed by atoms with Gasteiger partial charge in [-0.1, -0.05) is 13.0 Å². The van der Waals surface area contributed by atoms with Crippen LogP contribution in [0, 0.1) is 10.1 Å². The average Bonchev–Trinajstić information content (AvgIpc) is 2.36. The van der Waals surface area contributed by atoms with E-state index in [-0.39, 0.29) is 18.3 Å². The van der Waals surface area contributed by atoms with E-state index in [9.17, 15) is 10.1 Å². The number of nitrogens with one attached hydrogen (secondary N) is 2. The van der Waals surface area contributed by atoms with Crippen LogP contribution in [0.25, 0.3) is 0 Å². The van der Waals surface area contributed by atoms with Crippen molar-refractivity contribution in [3.63, 3.8) is 0 Å². The van der Waals surface area contributed by atoms with Crippen LogP contribution in [0.3, 0.4) is 0 Å². The minimum Gasteiger partial charge on any atom is -0.394 e. The quantitative estimate of drug-likeness (QED) is 0.512. The van der Waals surface area contributed by atoms with Gasteiger partial charge in [0.05, 0.1) is 11.5 Å². The molecule has 0 aliphatic heterocycles. The Bertz CT molecular complexity index is 406. The smallest absolute Gasteiger partial charge is 0.315 e. The van der Waals surface area contributed by atoms with E-state index in [0.29, 0.717) is 24.3 Å². The molecule has 1 rings (SSSR count). The van der Waals surface area contributed by atoms with Crippen LogP contribution >= 0.6 is 0 Å². The molecule has 0 radical (unpaired) electrons. The molecule has 0 aliphatic rings. The zero-order valence-corrected chi connectivity index (χ0v) is 10.6. The Morgan fingerprint density at radius 3 is 2.56 bits per heavy atom. The highest BCUT2D eigenvalue weighted by Crippen LogP contribution is 2.33. The molecule has 18 heavy (non-hydrogen) atoms. The van der Waals surface area contributed by atoms with Crippen molar-refractivity contribution in [2.75, 3.05) is 23.8 Å². The number of anilines is 2. The SMILES string of the molecule is CCNc1cccc(NC(CC)CO)c1[N+](=O)[O-]. The van der Waals surface area contributed by atoms with Gasteiger partial charge in [0.1, 0.15) is 11.4 Å². The molecule has 0 saturated carbocycles. The summed E-state index contributed by atoms with van der Waals surface area (Å²) in [4.78, 5) is 10.7. The van der Waals surface area contributed by atoms with Crippen LogP contribution in [0.5, 0.6) is 0 Å². The zero-order chi connectivity index (χ0) is 13.5. The summed E-state index contributed by atoms with van der Waals surface area (Å²) in [6.07, 6.45) is 0.694. The fourth-order valence-corrected chi connectivity index (χ4v) is 1.69. The average molecular weight is 253 g/mol. The minimum absolute atomic E-state index is 0.0197. The molecule has 0 aliphatic carbocycles. The molecule has 0 aromatic heterocycles. The maximum absolute atomic E-state index is 11.1. The molecule has 0 heterocycles. The molecule has 0 amide bonds. The second kappa shape index (κ2) is 6.80. The molecular formula is C12H19N3O3. The van der Waals surface area contributed by atoms with Gasteiger partial charge in [0.2, 0.25) is 0 Å². The van der Waals surface area contributed by atoms with E-state index in [2.05, 4.69) is 10.6 Å². The molecule has 6 heteroatoms. The van der Waals surface area contributed by atoms with Crippen LogP contribution in [0.2, 0.25) is 0 Å². The summed E-state index contributed by atoms with van der Waals surface area (Å²) in [6.45, 7) is 4.35. The number of benzene rings is 1. The summed E-state index contributed by atoms with van der Waals surface area (Å²) in [7, 11) is 0. The number of hydrogen-bond acceptors (Lipinski definition) is 5. The van der Waals surface area contributed by atoms with Gasteiger partial charge in [-0.05, 0) is 25.5 Å². The van der Waals surface area contributed by atoms with Crippen molar-refractivity contribution in [2.24, 2.45) is 0 Å². The molecule has 3 N–H and O–H groups in total. The highest BCUT2D eigenvalue weighted by Gasteiger charge is 2.20. The lowest BCUT2D eigenvalue weighted by Gasteiger charge is -2.16. The Morgan fingerprint density at radius 1 is 1.39 bits per heavy atom. The molecule has 0 fully saturated rings. The van der Waals surface area contributed by atoms with E-state index in [0.717, 1.165) is 0 Å². The number of para-hydroxylation sites is 1. The Balaban J connectivity index is 3.09. The van der Waals surface area contributed by atoms with Crippen molar-refractivity contribution in [3.8, 4) is 0 Å². The van der Waals surface area contributed by atoms with Gasteiger partial charge in [0.15, 0.2) is 0 Å². The van der Waals surface area contributed by atoms with Crippen molar-refractivity contribution in [1.82, 2.24) is 0 Å². The standard InChI is InChI=1S/C12H19N3O3/c1-3-9(8-16)14-11-7-5-6-10(13-4-2)12(11)15(17)18/h5-7,9,13-14,16H,3-4,8H2,1-2H3. The van der Waals surface area contributed by atoms with Crippen LogP contribution in [0.15, 0.2) is 18.2 Å². The van der Waals surface area contributed by atoms with E-state index in [4.69, 9.17) is 5.11 Å². The molecule has 0 saturated heterocycles. The van der Waals surface area contributed by atoms with E-state index < -0.39 is 4.92 Å². The van der Waals surface area contributed by atoms with E-state index >= 15 is 0 Å². The number of nitro groups is 1. The van der Waals surface area contributed by atoms with Gasteiger partial charge in [-0.25, -0.2) is 0 Å². The lowest BCUT2D eigenvalue weighted by Crippen LogP contribution is -2.23. The van der Waals surface area contributed by atoms with Crippen molar-refractivity contribution in [1.29, 1.82) is 0 Å². The molecule has 100 valence electrons.